The highest BCUT2D eigenvalue weighted by molar-refractivity contribution is 6.74. The number of para-hydroxylation sites is 2. The van der Waals surface area contributed by atoms with Crippen molar-refractivity contribution >= 4 is 95.3 Å². The number of aromatic nitrogens is 1. The first-order chi connectivity index (χ1) is 31.1. The van der Waals surface area contributed by atoms with Gasteiger partial charge in [0.25, 0.3) is 0 Å². The minimum absolute atomic E-state index is 0.0509. The third-order valence-corrected chi connectivity index (χ3v) is 15.1. The molecular formula is C59H46BN2O2. The molecule has 307 valence electrons. The zero-order chi connectivity index (χ0) is 42.8. The lowest BCUT2D eigenvalue weighted by atomic mass is 9.58. The van der Waals surface area contributed by atoms with E-state index in [-0.39, 0.29) is 10.8 Å². The molecule has 4 nitrogen and oxygen atoms in total. The van der Waals surface area contributed by atoms with Gasteiger partial charge in [0.1, 0.15) is 22.3 Å². The molecule has 0 bridgehead atoms. The average Bonchev–Trinajstić information content (AvgIpc) is 4.02. The Morgan fingerprint density at radius 1 is 0.609 bits per heavy atom. The Bertz CT molecular complexity index is 3850. The van der Waals surface area contributed by atoms with E-state index in [2.05, 4.69) is 185 Å². The van der Waals surface area contributed by atoms with E-state index in [0.29, 0.717) is 0 Å². The number of nitrogens with one attached hydrogen (secondary N) is 1. The maximum Gasteiger partial charge on any atom is 0.198 e. The lowest BCUT2D eigenvalue weighted by Crippen LogP contribution is -2.37. The summed E-state index contributed by atoms with van der Waals surface area (Å²) in [7, 11) is 2.43. The van der Waals surface area contributed by atoms with E-state index >= 15 is 0 Å². The van der Waals surface area contributed by atoms with E-state index in [1.165, 1.54) is 84.7 Å². The maximum atomic E-state index is 7.30. The molecule has 0 saturated heterocycles. The van der Waals surface area contributed by atoms with Gasteiger partial charge in [-0.3, -0.25) is 0 Å². The van der Waals surface area contributed by atoms with E-state index in [1.807, 2.05) is 0 Å². The fourth-order valence-corrected chi connectivity index (χ4v) is 11.9. The van der Waals surface area contributed by atoms with Crippen LogP contribution in [0.15, 0.2) is 142 Å². The van der Waals surface area contributed by atoms with Crippen molar-refractivity contribution in [2.24, 2.45) is 0 Å². The van der Waals surface area contributed by atoms with Crippen LogP contribution in [0.4, 0.5) is 11.4 Å². The molecule has 2 aliphatic carbocycles. The predicted octanol–water partition coefficient (Wildman–Crippen LogP) is 14.4. The zero-order valence-electron chi connectivity index (χ0n) is 36.9. The first-order valence-corrected chi connectivity index (χ1v) is 23.0. The number of hydrogen-bond donors (Lipinski definition) is 1. The summed E-state index contributed by atoms with van der Waals surface area (Å²) in [5.41, 5.74) is 23.3. The Hall–Kier alpha value is -6.98. The minimum atomic E-state index is -0.209. The number of rotatable bonds is 3. The van der Waals surface area contributed by atoms with Crippen molar-refractivity contribution in [2.45, 2.75) is 71.1 Å². The van der Waals surface area contributed by atoms with E-state index < -0.39 is 0 Å². The van der Waals surface area contributed by atoms with Gasteiger partial charge in [-0.1, -0.05) is 113 Å². The van der Waals surface area contributed by atoms with Crippen molar-refractivity contribution in [3.63, 3.8) is 0 Å². The topological polar surface area (TPSA) is 43.2 Å². The van der Waals surface area contributed by atoms with Crippen LogP contribution < -0.4 is 16.2 Å². The molecule has 0 spiro atoms. The van der Waals surface area contributed by atoms with Gasteiger partial charge in [-0.25, -0.2) is 0 Å². The number of hydrogen-bond acceptors (Lipinski definition) is 3. The zero-order valence-corrected chi connectivity index (χ0v) is 36.9. The molecule has 0 saturated carbocycles. The molecule has 1 aliphatic heterocycles. The lowest BCUT2D eigenvalue weighted by molar-refractivity contribution is 0.590. The maximum absolute atomic E-state index is 7.30. The summed E-state index contributed by atoms with van der Waals surface area (Å²) in [6.07, 6.45) is 4.68. The average molecular weight is 826 g/mol. The summed E-state index contributed by atoms with van der Waals surface area (Å²) in [6, 6.07) is 49.7. The van der Waals surface area contributed by atoms with E-state index in [4.69, 9.17) is 8.83 Å². The van der Waals surface area contributed by atoms with Crippen molar-refractivity contribution in [3.05, 3.63) is 161 Å². The molecule has 0 amide bonds. The Balaban J connectivity index is 1.15. The summed E-state index contributed by atoms with van der Waals surface area (Å²) in [6.45, 7) is 11.6. The second-order valence-corrected chi connectivity index (χ2v) is 20.2. The quantitative estimate of drug-likeness (QED) is 0.181. The highest BCUT2D eigenvalue weighted by Gasteiger charge is 2.38. The van der Waals surface area contributed by atoms with Gasteiger partial charge in [0.2, 0.25) is 0 Å². The van der Waals surface area contributed by atoms with Gasteiger partial charge in [-0.05, 0) is 136 Å². The van der Waals surface area contributed by atoms with E-state index in [9.17, 15) is 0 Å². The van der Waals surface area contributed by atoms with Gasteiger partial charge in [0, 0.05) is 71.4 Å². The molecule has 11 aromatic rings. The Labute approximate surface area is 372 Å². The fraction of sp³-hybridized carbons (Fsp3) is 0.186. The number of fused-ring (bicyclic) bond motifs is 16. The van der Waals surface area contributed by atoms with Crippen LogP contribution in [0.25, 0.3) is 93.6 Å². The Kier molecular flexibility index (Phi) is 7.19. The van der Waals surface area contributed by atoms with E-state index in [1.54, 1.807) is 0 Å². The van der Waals surface area contributed by atoms with Gasteiger partial charge in [0.15, 0.2) is 7.28 Å². The highest BCUT2D eigenvalue weighted by atomic mass is 16.3. The molecule has 64 heavy (non-hydrogen) atoms. The molecule has 1 radical (unpaired) electrons. The molecule has 0 unspecified atom stereocenters. The molecule has 14 rings (SSSR count). The number of furan rings is 2. The summed E-state index contributed by atoms with van der Waals surface area (Å²) >= 11 is 0. The normalized spacial score (nSPS) is 15.0. The van der Waals surface area contributed by atoms with Crippen molar-refractivity contribution in [3.8, 4) is 27.9 Å². The number of anilines is 2. The third kappa shape index (κ3) is 4.90. The molecule has 0 fully saturated rings. The molecule has 4 heterocycles. The van der Waals surface area contributed by atoms with Crippen LogP contribution in [0.3, 0.4) is 0 Å². The molecule has 1 N–H and O–H groups in total. The Morgan fingerprint density at radius 3 is 2.12 bits per heavy atom. The highest BCUT2D eigenvalue weighted by Crippen LogP contribution is 2.54. The lowest BCUT2D eigenvalue weighted by Gasteiger charge is -2.26. The molecular weight excluding hydrogens is 779 g/mol. The first-order valence-electron chi connectivity index (χ1n) is 23.0. The summed E-state index contributed by atoms with van der Waals surface area (Å²) in [4.78, 5) is 0. The molecule has 5 heteroatoms. The smallest absolute Gasteiger partial charge is 0.198 e. The van der Waals surface area contributed by atoms with E-state index in [0.717, 1.165) is 84.8 Å². The second-order valence-electron chi connectivity index (χ2n) is 20.2. The first kappa shape index (κ1) is 36.5. The van der Waals surface area contributed by atoms with Crippen molar-refractivity contribution in [1.29, 1.82) is 0 Å². The van der Waals surface area contributed by atoms with Crippen LogP contribution in [-0.2, 0) is 23.7 Å². The summed E-state index contributed by atoms with van der Waals surface area (Å²) in [5, 5.41) is 11.2. The summed E-state index contributed by atoms with van der Waals surface area (Å²) in [5.74, 6) is 0. The van der Waals surface area contributed by atoms with Crippen LogP contribution in [0, 0.1) is 0 Å². The van der Waals surface area contributed by atoms with Gasteiger partial charge in [0.05, 0.1) is 5.52 Å². The van der Waals surface area contributed by atoms with Gasteiger partial charge >= 0.3 is 0 Å². The molecule has 3 aliphatic rings. The van der Waals surface area contributed by atoms with Crippen molar-refractivity contribution in [1.82, 2.24) is 4.57 Å². The fourth-order valence-electron chi connectivity index (χ4n) is 11.9. The molecule has 8 aromatic carbocycles. The third-order valence-electron chi connectivity index (χ3n) is 15.1. The van der Waals surface area contributed by atoms with Crippen molar-refractivity contribution in [2.75, 3.05) is 5.32 Å². The van der Waals surface area contributed by atoms with Gasteiger partial charge in [-0.2, -0.15) is 0 Å². The molecule has 3 aromatic heterocycles. The predicted molar refractivity (Wildman–Crippen MR) is 268 cm³/mol. The van der Waals surface area contributed by atoms with Gasteiger partial charge in [-0.15, -0.1) is 0 Å². The van der Waals surface area contributed by atoms with Crippen LogP contribution in [-0.4, -0.2) is 11.8 Å². The number of aryl methyl sites for hydroxylation is 2. The Morgan fingerprint density at radius 2 is 1.33 bits per heavy atom. The minimum Gasteiger partial charge on any atom is -0.456 e. The van der Waals surface area contributed by atoms with Crippen LogP contribution in [0.1, 0.15) is 75.3 Å². The SMILES string of the molecule is CC(C)(C)c1ccc(Nc2cc3c(cc2-c2c4c5c(c6cc7c(cc6n5-c5cc6c(cc5[B]4)oc4ccccc46)CCCC7)c4c2oc2ccccc24)C(C)(C)c2ccccc2-3)cc1. The van der Waals surface area contributed by atoms with Crippen LogP contribution in [0.2, 0.25) is 0 Å². The summed E-state index contributed by atoms with van der Waals surface area (Å²) < 4.78 is 16.5. The monoisotopic (exact) mass is 825 g/mol. The van der Waals surface area contributed by atoms with Crippen LogP contribution in [0.5, 0.6) is 0 Å². The largest absolute Gasteiger partial charge is 0.456 e. The van der Waals surface area contributed by atoms with Gasteiger partial charge < -0.3 is 18.7 Å². The number of benzene rings is 8. The standard InChI is InChI=1S/C59H46BN2O2/c1-58(2,3)34-22-24-35(25-23-34)61-46-29-39-36-16-8-11-19-43(36)59(4,5)44(39)28-41(46)54-55-56-52(53-38-18-10-13-21-50(38)64-57(53)54)42-26-32-14-6-7-15-33(32)27-47(42)62(56)48-30-40-37-17-9-12-20-49(37)63-51(40)31-45(48)60-55/h8-13,16-31,61H,6-7,14-15H2,1-5H3. The number of nitrogens with zero attached hydrogens (tertiary/aromatic N) is 1. The van der Waals surface area contributed by atoms with Crippen LogP contribution >= 0.6 is 0 Å². The van der Waals surface area contributed by atoms with Crippen molar-refractivity contribution < 1.29 is 8.83 Å². The second kappa shape index (κ2) is 12.6. The molecule has 0 atom stereocenters.